The standard InChI is InChI=1S/C38H62O3/c1-10-11-12-13-14-15-31(40)41-30-18-20-36(7)29(34(30,4)5)17-21-38(9)33(36)28(39)24-27-32-26(3)25(2)16-19-35(32,6)22-23-37(27,38)8/h24-26,29-30,32-33H,10-23H2,1-9H3. The second-order valence-corrected chi connectivity index (χ2v) is 17.3. The van der Waals surface area contributed by atoms with E-state index in [0.29, 0.717) is 35.4 Å². The molecular formula is C38H62O3. The monoisotopic (exact) mass is 566 g/mol. The summed E-state index contributed by atoms with van der Waals surface area (Å²) in [4.78, 5) is 27.5. The fourth-order valence-corrected chi connectivity index (χ4v) is 12.0. The molecule has 0 aromatic rings. The Kier molecular flexibility index (Phi) is 8.25. The minimum absolute atomic E-state index is 0.0146. The zero-order valence-corrected chi connectivity index (χ0v) is 28.2. The van der Waals surface area contributed by atoms with Gasteiger partial charge in [-0.05, 0) is 109 Å². The predicted octanol–water partition coefficient (Wildman–Crippen LogP) is 10.1. The summed E-state index contributed by atoms with van der Waals surface area (Å²) < 4.78 is 6.26. The molecular weight excluding hydrogens is 504 g/mol. The van der Waals surface area contributed by atoms with Crippen molar-refractivity contribution >= 4 is 11.8 Å². The summed E-state index contributed by atoms with van der Waals surface area (Å²) >= 11 is 0. The highest BCUT2D eigenvalue weighted by molar-refractivity contribution is 5.95. The zero-order valence-electron chi connectivity index (χ0n) is 28.2. The van der Waals surface area contributed by atoms with Gasteiger partial charge < -0.3 is 4.74 Å². The Morgan fingerprint density at radius 1 is 0.878 bits per heavy atom. The number of rotatable bonds is 7. The van der Waals surface area contributed by atoms with Crippen LogP contribution in [0, 0.1) is 56.7 Å². The Morgan fingerprint density at radius 2 is 1.59 bits per heavy atom. The van der Waals surface area contributed by atoms with Gasteiger partial charge in [0.05, 0.1) is 0 Å². The summed E-state index contributed by atoms with van der Waals surface area (Å²) in [5.41, 5.74) is 1.74. The van der Waals surface area contributed by atoms with Gasteiger partial charge in [-0.25, -0.2) is 0 Å². The van der Waals surface area contributed by atoms with Crippen LogP contribution in [0.2, 0.25) is 0 Å². The molecule has 0 amide bonds. The number of allylic oxidation sites excluding steroid dienone is 2. The number of unbranched alkanes of at least 4 members (excludes halogenated alkanes) is 4. The summed E-state index contributed by atoms with van der Waals surface area (Å²) in [5, 5.41) is 0. The molecule has 4 fully saturated rings. The largest absolute Gasteiger partial charge is 0.462 e. The van der Waals surface area contributed by atoms with E-state index in [-0.39, 0.29) is 39.7 Å². The van der Waals surface area contributed by atoms with Crippen LogP contribution in [0.4, 0.5) is 0 Å². The number of carbonyl (C=O) groups is 2. The Labute approximate surface area is 252 Å². The van der Waals surface area contributed by atoms with Crippen LogP contribution in [0.25, 0.3) is 0 Å². The van der Waals surface area contributed by atoms with Crippen LogP contribution in [0.1, 0.15) is 152 Å². The lowest BCUT2D eigenvalue weighted by Crippen LogP contribution is -2.67. The first-order valence-electron chi connectivity index (χ1n) is 17.6. The zero-order chi connectivity index (χ0) is 30.0. The average molecular weight is 567 g/mol. The Morgan fingerprint density at radius 3 is 2.29 bits per heavy atom. The maximum Gasteiger partial charge on any atom is 0.306 e. The van der Waals surface area contributed by atoms with E-state index < -0.39 is 0 Å². The lowest BCUT2D eigenvalue weighted by atomic mass is 9.33. The van der Waals surface area contributed by atoms with Crippen LogP contribution in [-0.4, -0.2) is 17.9 Å². The van der Waals surface area contributed by atoms with E-state index in [1.807, 2.05) is 0 Å². The summed E-state index contributed by atoms with van der Waals surface area (Å²) in [5.74, 6) is 2.73. The molecule has 0 aromatic carbocycles. The van der Waals surface area contributed by atoms with Gasteiger partial charge >= 0.3 is 5.97 Å². The molecule has 232 valence electrons. The molecule has 5 rings (SSSR count). The first kappa shape index (κ1) is 31.3. The van der Waals surface area contributed by atoms with Gasteiger partial charge in [0.15, 0.2) is 5.78 Å². The van der Waals surface area contributed by atoms with Gasteiger partial charge in [0.2, 0.25) is 0 Å². The topological polar surface area (TPSA) is 43.4 Å². The number of hydrogen-bond acceptors (Lipinski definition) is 3. The number of ether oxygens (including phenoxy) is 1. The van der Waals surface area contributed by atoms with E-state index in [2.05, 4.69) is 68.4 Å². The van der Waals surface area contributed by atoms with E-state index >= 15 is 0 Å². The van der Waals surface area contributed by atoms with Crippen molar-refractivity contribution < 1.29 is 14.3 Å². The van der Waals surface area contributed by atoms with Crippen molar-refractivity contribution in [2.45, 2.75) is 158 Å². The van der Waals surface area contributed by atoms with Gasteiger partial charge in [-0.2, -0.15) is 0 Å². The molecule has 0 saturated heterocycles. The Balaban J connectivity index is 1.41. The molecule has 10 unspecified atom stereocenters. The Hall–Kier alpha value is -1.12. The van der Waals surface area contributed by atoms with E-state index in [1.165, 1.54) is 50.5 Å². The molecule has 0 N–H and O–H groups in total. The maximum absolute atomic E-state index is 14.6. The van der Waals surface area contributed by atoms with Gasteiger partial charge in [-0.15, -0.1) is 0 Å². The molecule has 10 atom stereocenters. The molecule has 4 saturated carbocycles. The lowest BCUT2D eigenvalue weighted by molar-refractivity contribution is -0.211. The van der Waals surface area contributed by atoms with Gasteiger partial charge in [-0.1, -0.05) is 93.6 Å². The van der Waals surface area contributed by atoms with Crippen LogP contribution in [-0.2, 0) is 14.3 Å². The molecule has 0 radical (unpaired) electrons. The van der Waals surface area contributed by atoms with E-state index in [9.17, 15) is 9.59 Å². The second kappa shape index (κ2) is 10.8. The van der Waals surface area contributed by atoms with Crippen LogP contribution >= 0.6 is 0 Å². The van der Waals surface area contributed by atoms with Gasteiger partial charge in [0, 0.05) is 17.8 Å². The first-order chi connectivity index (χ1) is 19.2. The van der Waals surface area contributed by atoms with Crippen molar-refractivity contribution in [2.75, 3.05) is 0 Å². The molecule has 41 heavy (non-hydrogen) atoms. The highest BCUT2D eigenvalue weighted by Gasteiger charge is 2.70. The number of ketones is 1. The number of carbonyl (C=O) groups excluding carboxylic acids is 2. The van der Waals surface area contributed by atoms with Crippen LogP contribution < -0.4 is 0 Å². The average Bonchev–Trinajstić information content (AvgIpc) is 2.89. The van der Waals surface area contributed by atoms with E-state index in [4.69, 9.17) is 4.74 Å². The third-order valence-electron chi connectivity index (χ3n) is 14.8. The van der Waals surface area contributed by atoms with Crippen molar-refractivity contribution in [1.82, 2.24) is 0 Å². The number of esters is 1. The maximum atomic E-state index is 14.6. The fourth-order valence-electron chi connectivity index (χ4n) is 12.0. The van der Waals surface area contributed by atoms with Crippen LogP contribution in [0.5, 0.6) is 0 Å². The number of fused-ring (bicyclic) bond motifs is 7. The van der Waals surface area contributed by atoms with Crippen LogP contribution in [0.15, 0.2) is 11.6 Å². The van der Waals surface area contributed by atoms with Gasteiger partial charge in [-0.3, -0.25) is 9.59 Å². The third kappa shape index (κ3) is 4.72. The molecule has 0 aromatic heterocycles. The number of hydrogen-bond donors (Lipinski definition) is 0. The Bertz CT molecular complexity index is 1060. The molecule has 5 aliphatic carbocycles. The van der Waals surface area contributed by atoms with E-state index in [0.717, 1.165) is 44.4 Å². The van der Waals surface area contributed by atoms with Crippen molar-refractivity contribution in [3.05, 3.63) is 11.6 Å². The predicted molar refractivity (Wildman–Crippen MR) is 168 cm³/mol. The molecule has 5 aliphatic rings. The minimum atomic E-state index is -0.129. The smallest absolute Gasteiger partial charge is 0.306 e. The van der Waals surface area contributed by atoms with E-state index in [1.54, 1.807) is 0 Å². The SMILES string of the molecule is CCCCCCCC(=O)OC1CCC2(C)C(CCC3(C)C2C(=O)C=C2C4C(C)C(C)CCC4(C)CCC23C)C1(C)C. The van der Waals surface area contributed by atoms with Crippen molar-refractivity contribution in [3.8, 4) is 0 Å². The highest BCUT2D eigenvalue weighted by Crippen LogP contribution is 2.75. The van der Waals surface area contributed by atoms with Crippen molar-refractivity contribution in [1.29, 1.82) is 0 Å². The summed E-state index contributed by atoms with van der Waals surface area (Å²) in [7, 11) is 0. The molecule has 3 heteroatoms. The fraction of sp³-hybridized carbons (Fsp3) is 0.895. The molecule has 0 aliphatic heterocycles. The first-order valence-corrected chi connectivity index (χ1v) is 17.6. The van der Waals surface area contributed by atoms with Crippen LogP contribution in [0.3, 0.4) is 0 Å². The van der Waals surface area contributed by atoms with Gasteiger partial charge in [0.25, 0.3) is 0 Å². The minimum Gasteiger partial charge on any atom is -0.462 e. The quantitative estimate of drug-likeness (QED) is 0.227. The second-order valence-electron chi connectivity index (χ2n) is 17.3. The molecule has 0 spiro atoms. The summed E-state index contributed by atoms with van der Waals surface area (Å²) in [6, 6.07) is 0. The summed E-state index contributed by atoms with van der Waals surface area (Å²) in [6.45, 7) is 21.9. The lowest BCUT2D eigenvalue weighted by Gasteiger charge is -2.70. The van der Waals surface area contributed by atoms with Gasteiger partial charge in [0.1, 0.15) is 6.10 Å². The third-order valence-corrected chi connectivity index (χ3v) is 14.8. The van der Waals surface area contributed by atoms with Crippen molar-refractivity contribution in [2.24, 2.45) is 56.7 Å². The molecule has 0 heterocycles. The van der Waals surface area contributed by atoms with Crippen molar-refractivity contribution in [3.63, 3.8) is 0 Å². The summed E-state index contributed by atoms with van der Waals surface area (Å²) in [6.07, 6.45) is 17.7. The molecule has 3 nitrogen and oxygen atoms in total. The molecule has 0 bridgehead atoms. The normalized spacial score (nSPS) is 46.9. The highest BCUT2D eigenvalue weighted by atomic mass is 16.5.